The summed E-state index contributed by atoms with van der Waals surface area (Å²) in [5.41, 5.74) is 2.46. The molecule has 0 fully saturated rings. The van der Waals surface area contributed by atoms with Crippen LogP contribution in [0.3, 0.4) is 0 Å². The summed E-state index contributed by atoms with van der Waals surface area (Å²) in [7, 11) is -2.40. The standard InChI is InChI=1S/C27H28Cl3N3O4S/c1-18-9-11-21(15-23(18)29)33(38(3,36)37)17-26(34)32(16-20-10-12-22(28)24(30)13-20)25(27(35)31-2)14-19-7-5-4-6-8-19/h4-13,15,25H,14,16-17H2,1-3H3,(H,31,35)/t25-/m0/s1. The number of carbonyl (C=O) groups is 2. The molecule has 0 aliphatic carbocycles. The Hall–Kier alpha value is -2.78. The lowest BCUT2D eigenvalue weighted by atomic mass is 10.0. The lowest BCUT2D eigenvalue weighted by Gasteiger charge is -2.33. The highest BCUT2D eigenvalue weighted by Crippen LogP contribution is 2.27. The van der Waals surface area contributed by atoms with Gasteiger partial charge in [0.1, 0.15) is 12.6 Å². The largest absolute Gasteiger partial charge is 0.357 e. The number of nitrogens with zero attached hydrogens (tertiary/aromatic N) is 2. The Labute approximate surface area is 238 Å². The van der Waals surface area contributed by atoms with Gasteiger partial charge in [-0.25, -0.2) is 8.42 Å². The predicted molar refractivity (Wildman–Crippen MR) is 153 cm³/mol. The molecule has 11 heteroatoms. The molecule has 0 aliphatic rings. The van der Waals surface area contributed by atoms with Gasteiger partial charge < -0.3 is 10.2 Å². The lowest BCUT2D eigenvalue weighted by molar-refractivity contribution is -0.139. The quantitative estimate of drug-likeness (QED) is 0.353. The van der Waals surface area contributed by atoms with E-state index in [0.29, 0.717) is 20.6 Å². The van der Waals surface area contributed by atoms with Crippen molar-refractivity contribution in [3.8, 4) is 0 Å². The molecule has 7 nitrogen and oxygen atoms in total. The fourth-order valence-corrected chi connectivity index (χ4v) is 5.24. The summed E-state index contributed by atoms with van der Waals surface area (Å²) in [6, 6.07) is 18.0. The van der Waals surface area contributed by atoms with Crippen LogP contribution in [0.25, 0.3) is 0 Å². The summed E-state index contributed by atoms with van der Waals surface area (Å²) in [6.07, 6.45) is 1.22. The number of likely N-dealkylation sites (N-methyl/N-ethyl adjacent to an activating group) is 1. The van der Waals surface area contributed by atoms with E-state index in [-0.39, 0.29) is 18.7 Å². The number of anilines is 1. The molecular formula is C27H28Cl3N3O4S. The van der Waals surface area contributed by atoms with Crippen LogP contribution >= 0.6 is 34.8 Å². The maximum Gasteiger partial charge on any atom is 0.244 e. The summed E-state index contributed by atoms with van der Waals surface area (Å²) >= 11 is 18.5. The summed E-state index contributed by atoms with van der Waals surface area (Å²) in [5, 5.41) is 3.63. The maximum atomic E-state index is 13.9. The Morgan fingerprint density at radius 1 is 0.895 bits per heavy atom. The zero-order valence-corrected chi connectivity index (χ0v) is 24.2. The lowest BCUT2D eigenvalue weighted by Crippen LogP contribution is -2.52. The summed E-state index contributed by atoms with van der Waals surface area (Å²) in [6.45, 7) is 1.24. The van der Waals surface area contributed by atoms with Gasteiger partial charge in [-0.3, -0.25) is 13.9 Å². The van der Waals surface area contributed by atoms with Gasteiger partial charge in [0, 0.05) is 25.0 Å². The average Bonchev–Trinajstić information content (AvgIpc) is 2.87. The van der Waals surface area contributed by atoms with Crippen molar-refractivity contribution in [2.24, 2.45) is 0 Å². The fourth-order valence-electron chi connectivity index (χ4n) is 3.91. The second-order valence-electron chi connectivity index (χ2n) is 8.79. The van der Waals surface area contributed by atoms with E-state index in [1.54, 1.807) is 37.3 Å². The number of benzene rings is 3. The number of carbonyl (C=O) groups excluding carboxylic acids is 2. The topological polar surface area (TPSA) is 86.8 Å². The van der Waals surface area contributed by atoms with Gasteiger partial charge in [0.15, 0.2) is 0 Å². The van der Waals surface area contributed by atoms with Gasteiger partial charge in [-0.2, -0.15) is 0 Å². The third-order valence-corrected chi connectivity index (χ3v) is 8.26. The van der Waals surface area contributed by atoms with Crippen molar-refractivity contribution in [2.75, 3.05) is 24.2 Å². The molecule has 0 unspecified atom stereocenters. The normalized spacial score (nSPS) is 12.1. The Morgan fingerprint density at radius 2 is 1.58 bits per heavy atom. The minimum Gasteiger partial charge on any atom is -0.357 e. The first kappa shape index (κ1) is 29.8. The molecule has 0 spiro atoms. The Morgan fingerprint density at radius 3 is 2.16 bits per heavy atom. The van der Waals surface area contributed by atoms with E-state index in [0.717, 1.165) is 21.7 Å². The van der Waals surface area contributed by atoms with Crippen molar-refractivity contribution in [2.45, 2.75) is 25.9 Å². The highest BCUT2D eigenvalue weighted by molar-refractivity contribution is 7.92. The van der Waals surface area contributed by atoms with Crippen LogP contribution in [0.1, 0.15) is 16.7 Å². The third-order valence-electron chi connectivity index (χ3n) is 5.98. The minimum atomic E-state index is -3.88. The van der Waals surface area contributed by atoms with Crippen molar-refractivity contribution < 1.29 is 18.0 Å². The molecule has 3 rings (SSSR count). The smallest absolute Gasteiger partial charge is 0.244 e. The Bertz CT molecular complexity index is 1420. The Kier molecular flexibility index (Phi) is 10.1. The SMILES string of the molecule is CNC(=O)[C@H](Cc1ccccc1)N(Cc1ccc(Cl)c(Cl)c1)C(=O)CN(c1ccc(C)c(Cl)c1)S(C)(=O)=O. The first-order valence-corrected chi connectivity index (χ1v) is 14.6. The van der Waals surface area contributed by atoms with Crippen LogP contribution in [-0.2, 0) is 32.6 Å². The van der Waals surface area contributed by atoms with Crippen LogP contribution in [0.15, 0.2) is 66.7 Å². The number of rotatable bonds is 10. The van der Waals surface area contributed by atoms with Crippen molar-refractivity contribution in [3.05, 3.63) is 98.5 Å². The molecule has 0 heterocycles. The zero-order chi connectivity index (χ0) is 28.0. The van der Waals surface area contributed by atoms with Gasteiger partial charge in [0.05, 0.1) is 22.0 Å². The van der Waals surface area contributed by atoms with Gasteiger partial charge in [0.2, 0.25) is 21.8 Å². The molecule has 1 atom stereocenters. The number of hydrogen-bond acceptors (Lipinski definition) is 4. The minimum absolute atomic E-state index is 0.00705. The molecule has 3 aromatic rings. The summed E-state index contributed by atoms with van der Waals surface area (Å²) < 4.78 is 26.5. The third kappa shape index (κ3) is 7.63. The van der Waals surface area contributed by atoms with E-state index in [1.807, 2.05) is 30.3 Å². The number of sulfonamides is 1. The fraction of sp³-hybridized carbons (Fsp3) is 0.259. The molecular weight excluding hydrogens is 569 g/mol. The van der Waals surface area contributed by atoms with E-state index in [9.17, 15) is 18.0 Å². The molecule has 0 saturated carbocycles. The molecule has 2 amide bonds. The van der Waals surface area contributed by atoms with Gasteiger partial charge in [-0.05, 0) is 47.9 Å². The van der Waals surface area contributed by atoms with Crippen LogP contribution in [0.5, 0.6) is 0 Å². The zero-order valence-electron chi connectivity index (χ0n) is 21.1. The van der Waals surface area contributed by atoms with Gasteiger partial charge in [0.25, 0.3) is 0 Å². The van der Waals surface area contributed by atoms with Crippen LogP contribution in [0.4, 0.5) is 5.69 Å². The number of aryl methyl sites for hydroxylation is 1. The van der Waals surface area contributed by atoms with Crippen LogP contribution in [0.2, 0.25) is 15.1 Å². The first-order valence-electron chi connectivity index (χ1n) is 11.6. The van der Waals surface area contributed by atoms with Gasteiger partial charge in [-0.1, -0.05) is 77.3 Å². The van der Waals surface area contributed by atoms with E-state index in [4.69, 9.17) is 34.8 Å². The van der Waals surface area contributed by atoms with E-state index >= 15 is 0 Å². The number of nitrogens with one attached hydrogen (secondary N) is 1. The first-order chi connectivity index (χ1) is 17.9. The summed E-state index contributed by atoms with van der Waals surface area (Å²) in [5.74, 6) is -0.978. The van der Waals surface area contributed by atoms with Gasteiger partial charge in [-0.15, -0.1) is 0 Å². The molecule has 0 aromatic heterocycles. The van der Waals surface area contributed by atoms with Gasteiger partial charge >= 0.3 is 0 Å². The van der Waals surface area contributed by atoms with Crippen molar-refractivity contribution in [1.82, 2.24) is 10.2 Å². The Balaban J connectivity index is 2.05. The molecule has 0 radical (unpaired) electrons. The van der Waals surface area contributed by atoms with Crippen molar-refractivity contribution >= 4 is 62.3 Å². The van der Waals surface area contributed by atoms with E-state index in [2.05, 4.69) is 5.32 Å². The van der Waals surface area contributed by atoms with Crippen molar-refractivity contribution in [1.29, 1.82) is 0 Å². The predicted octanol–water partition coefficient (Wildman–Crippen LogP) is 5.11. The van der Waals surface area contributed by atoms with Crippen molar-refractivity contribution in [3.63, 3.8) is 0 Å². The molecule has 38 heavy (non-hydrogen) atoms. The van der Waals surface area contributed by atoms with E-state index in [1.165, 1.54) is 18.0 Å². The number of halogens is 3. The molecule has 0 saturated heterocycles. The highest BCUT2D eigenvalue weighted by Gasteiger charge is 2.32. The molecule has 0 bridgehead atoms. The monoisotopic (exact) mass is 595 g/mol. The average molecular weight is 597 g/mol. The second-order valence-corrected chi connectivity index (χ2v) is 11.9. The van der Waals surface area contributed by atoms with Crippen LogP contribution in [0, 0.1) is 6.92 Å². The highest BCUT2D eigenvalue weighted by atomic mass is 35.5. The number of amides is 2. The summed E-state index contributed by atoms with van der Waals surface area (Å²) in [4.78, 5) is 28.3. The molecule has 3 aromatic carbocycles. The van der Waals surface area contributed by atoms with E-state index < -0.39 is 34.4 Å². The van der Waals surface area contributed by atoms with Crippen LogP contribution in [-0.4, -0.2) is 51.0 Å². The molecule has 0 aliphatic heterocycles. The second kappa shape index (κ2) is 12.8. The van der Waals surface area contributed by atoms with Crippen LogP contribution < -0.4 is 9.62 Å². The molecule has 1 N–H and O–H groups in total. The molecule has 202 valence electrons. The maximum absolute atomic E-state index is 13.9. The number of hydrogen-bond donors (Lipinski definition) is 1.